The zero-order valence-corrected chi connectivity index (χ0v) is 21.0. The van der Waals surface area contributed by atoms with E-state index in [1.54, 1.807) is 0 Å². The summed E-state index contributed by atoms with van der Waals surface area (Å²) < 4.78 is 6.29. The lowest BCUT2D eigenvalue weighted by Crippen LogP contribution is -2.57. The zero-order valence-electron chi connectivity index (χ0n) is 21.0. The Hall–Kier alpha value is -0.370. The van der Waals surface area contributed by atoms with Gasteiger partial charge >= 0.3 is 0 Å². The fourth-order valence-electron chi connectivity index (χ4n) is 11.3. The Bertz CT molecular complexity index is 773. The molecule has 0 amide bonds. The maximum atomic E-state index is 12.6. The average molecular weight is 427 g/mol. The lowest BCUT2D eigenvalue weighted by Gasteiger charge is -2.61. The number of carbonyl (C=O) groups is 1. The summed E-state index contributed by atoms with van der Waals surface area (Å²) in [4.78, 5) is 12.6. The Labute approximate surface area is 190 Å². The van der Waals surface area contributed by atoms with Crippen LogP contribution in [0.2, 0.25) is 0 Å². The van der Waals surface area contributed by atoms with Crippen molar-refractivity contribution in [2.24, 2.45) is 69.5 Å². The summed E-state index contributed by atoms with van der Waals surface area (Å²) in [5.74, 6) is 7.03. The maximum Gasteiger partial charge on any atom is 0.138 e. The molecule has 6 aliphatic rings. The van der Waals surface area contributed by atoms with Crippen LogP contribution >= 0.6 is 0 Å². The average Bonchev–Trinajstić information content (AvgIpc) is 3.62. The molecule has 2 nitrogen and oxygen atoms in total. The molecule has 0 bridgehead atoms. The predicted molar refractivity (Wildman–Crippen MR) is 124 cm³/mol. The number of rotatable bonds is 5. The number of hydrogen-bond acceptors (Lipinski definition) is 2. The molecule has 6 saturated carbocycles. The van der Waals surface area contributed by atoms with Gasteiger partial charge in [-0.1, -0.05) is 34.6 Å². The maximum absolute atomic E-state index is 12.6. The Morgan fingerprint density at radius 3 is 2.42 bits per heavy atom. The van der Waals surface area contributed by atoms with Gasteiger partial charge in [0.15, 0.2) is 0 Å². The number of carbonyl (C=O) groups excluding carboxylic acids is 1. The van der Waals surface area contributed by atoms with E-state index in [2.05, 4.69) is 34.6 Å². The van der Waals surface area contributed by atoms with Crippen molar-refractivity contribution in [1.29, 1.82) is 0 Å². The van der Waals surface area contributed by atoms with E-state index in [9.17, 15) is 4.79 Å². The first-order valence-electron chi connectivity index (χ1n) is 13.8. The van der Waals surface area contributed by atoms with Crippen LogP contribution in [0.3, 0.4) is 0 Å². The minimum Gasteiger partial charge on any atom is -0.381 e. The van der Waals surface area contributed by atoms with Gasteiger partial charge in [0.25, 0.3) is 0 Å². The molecule has 0 heterocycles. The van der Waals surface area contributed by atoms with Crippen molar-refractivity contribution in [3.05, 3.63) is 0 Å². The van der Waals surface area contributed by atoms with Crippen LogP contribution in [0.15, 0.2) is 0 Å². The molecule has 0 saturated heterocycles. The molecule has 1 spiro atoms. The highest BCUT2D eigenvalue weighted by molar-refractivity contribution is 5.85. The Kier molecular flexibility index (Phi) is 4.51. The lowest BCUT2D eigenvalue weighted by atomic mass is 9.45. The van der Waals surface area contributed by atoms with Gasteiger partial charge in [-0.25, -0.2) is 0 Å². The third kappa shape index (κ3) is 2.53. The summed E-state index contributed by atoms with van der Waals surface area (Å²) in [6.07, 6.45) is 13.2. The van der Waals surface area contributed by atoms with Gasteiger partial charge in [0.1, 0.15) is 5.78 Å². The van der Waals surface area contributed by atoms with E-state index in [1.807, 2.05) is 7.11 Å². The number of ether oxygens (including phenoxy) is 1. The highest BCUT2D eigenvalue weighted by atomic mass is 16.5. The molecule has 174 valence electrons. The molecule has 2 heteroatoms. The van der Waals surface area contributed by atoms with Crippen LogP contribution in [0.1, 0.15) is 92.4 Å². The van der Waals surface area contributed by atoms with Crippen LogP contribution in [0.25, 0.3) is 0 Å². The van der Waals surface area contributed by atoms with Crippen LogP contribution in [0.5, 0.6) is 0 Å². The number of hydrogen-bond donors (Lipinski definition) is 0. The van der Waals surface area contributed by atoms with E-state index >= 15 is 0 Å². The Morgan fingerprint density at radius 2 is 1.74 bits per heavy atom. The van der Waals surface area contributed by atoms with E-state index in [1.165, 1.54) is 57.8 Å². The summed E-state index contributed by atoms with van der Waals surface area (Å²) in [6.45, 7) is 12.1. The number of methoxy groups -OCH3 is 1. The van der Waals surface area contributed by atoms with Crippen LogP contribution in [0, 0.1) is 69.5 Å². The van der Waals surface area contributed by atoms with E-state index < -0.39 is 0 Å². The van der Waals surface area contributed by atoms with Gasteiger partial charge in [0, 0.05) is 24.4 Å². The molecule has 0 unspecified atom stereocenters. The molecule has 6 fully saturated rings. The van der Waals surface area contributed by atoms with E-state index in [0.29, 0.717) is 40.0 Å². The quantitative estimate of drug-likeness (QED) is 0.485. The smallest absolute Gasteiger partial charge is 0.138 e. The van der Waals surface area contributed by atoms with Crippen LogP contribution < -0.4 is 0 Å². The van der Waals surface area contributed by atoms with Crippen molar-refractivity contribution >= 4 is 5.78 Å². The molecule has 0 aromatic carbocycles. The van der Waals surface area contributed by atoms with Gasteiger partial charge in [-0.15, -0.1) is 0 Å². The highest BCUT2D eigenvalue weighted by Gasteiger charge is 2.77. The first-order valence-corrected chi connectivity index (χ1v) is 13.8. The van der Waals surface area contributed by atoms with Crippen molar-refractivity contribution in [3.63, 3.8) is 0 Å². The van der Waals surface area contributed by atoms with Gasteiger partial charge < -0.3 is 4.74 Å². The second kappa shape index (κ2) is 6.61. The van der Waals surface area contributed by atoms with E-state index in [-0.39, 0.29) is 5.92 Å². The summed E-state index contributed by atoms with van der Waals surface area (Å²) >= 11 is 0. The third-order valence-corrected chi connectivity index (χ3v) is 13.0. The summed E-state index contributed by atoms with van der Waals surface area (Å²) in [6, 6.07) is 0. The number of ketones is 1. The molecule has 31 heavy (non-hydrogen) atoms. The number of Topliss-reactive ketones (excluding diaryl/α,β-unsaturated/α-hetero) is 1. The molecule has 12 atom stereocenters. The van der Waals surface area contributed by atoms with Crippen molar-refractivity contribution in [3.8, 4) is 0 Å². The summed E-state index contributed by atoms with van der Waals surface area (Å²) in [7, 11) is 2.01. The minimum absolute atomic E-state index is 0.212. The molecule has 6 rings (SSSR count). The first kappa shape index (κ1) is 21.2. The van der Waals surface area contributed by atoms with Gasteiger partial charge in [0.05, 0.1) is 6.10 Å². The van der Waals surface area contributed by atoms with Gasteiger partial charge in [-0.2, -0.15) is 0 Å². The van der Waals surface area contributed by atoms with Crippen molar-refractivity contribution < 1.29 is 9.53 Å². The fourth-order valence-corrected chi connectivity index (χ4v) is 11.3. The third-order valence-electron chi connectivity index (χ3n) is 13.0. The number of fused-ring (bicyclic) bond motifs is 4. The molecule has 0 aromatic heterocycles. The second-order valence-corrected chi connectivity index (χ2v) is 13.9. The fraction of sp³-hybridized carbons (Fsp3) is 0.966. The van der Waals surface area contributed by atoms with Crippen LogP contribution in [0.4, 0.5) is 0 Å². The SMILES string of the molecule is CO[C@@H]1C[C@H]2[C@@H]3CC[C@H]([C@H](C)[C@H]4C[C@@H]4C(=O)C(C)C)[C@@]3(C)CC[C@@H]2[C@@]2(C)CC[C@H]3C[C@]312. The summed E-state index contributed by atoms with van der Waals surface area (Å²) in [5, 5.41) is 0. The molecular formula is C29H46O2. The molecule has 0 aliphatic heterocycles. The van der Waals surface area contributed by atoms with Crippen LogP contribution in [-0.2, 0) is 9.53 Å². The molecule has 0 N–H and O–H groups in total. The largest absolute Gasteiger partial charge is 0.381 e. The molecule has 0 radical (unpaired) electrons. The Balaban J connectivity index is 1.24. The second-order valence-electron chi connectivity index (χ2n) is 13.9. The Morgan fingerprint density at radius 1 is 0.968 bits per heavy atom. The monoisotopic (exact) mass is 426 g/mol. The highest BCUT2D eigenvalue weighted by Crippen LogP contribution is 2.82. The van der Waals surface area contributed by atoms with E-state index in [4.69, 9.17) is 4.74 Å². The molecule has 0 aromatic rings. The van der Waals surface area contributed by atoms with Crippen molar-refractivity contribution in [1.82, 2.24) is 0 Å². The zero-order chi connectivity index (χ0) is 21.9. The lowest BCUT2D eigenvalue weighted by molar-refractivity contribution is -0.161. The van der Waals surface area contributed by atoms with Gasteiger partial charge in [-0.3, -0.25) is 4.79 Å². The van der Waals surface area contributed by atoms with Crippen LogP contribution in [-0.4, -0.2) is 19.0 Å². The van der Waals surface area contributed by atoms with Crippen molar-refractivity contribution in [2.75, 3.05) is 7.11 Å². The molecule has 6 aliphatic carbocycles. The molecular weight excluding hydrogens is 380 g/mol. The standard InChI is InChI=1S/C29H46O2/c1-16(2)26(30)20-13-19(20)17(3)22-7-8-23-21-14-25(31-6)29-15-18(29)9-12-28(29,5)24(21)10-11-27(22,23)4/h16-25H,7-15H2,1-6H3/t17-,18+,19-,20+,21+,22-,23+,24+,25-,27-,28-,29+/m1/s1. The van der Waals surface area contributed by atoms with Gasteiger partial charge in [0.2, 0.25) is 0 Å². The topological polar surface area (TPSA) is 26.3 Å². The summed E-state index contributed by atoms with van der Waals surface area (Å²) in [5.41, 5.74) is 1.58. The first-order chi connectivity index (χ1) is 14.7. The van der Waals surface area contributed by atoms with Gasteiger partial charge in [-0.05, 0) is 110 Å². The van der Waals surface area contributed by atoms with E-state index in [0.717, 1.165) is 35.5 Å². The predicted octanol–water partition coefficient (Wildman–Crippen LogP) is 6.77. The minimum atomic E-state index is 0.212. The normalized spacial score (nSPS) is 57.6. The van der Waals surface area contributed by atoms with Crippen molar-refractivity contribution in [2.45, 2.75) is 98.5 Å².